The van der Waals surface area contributed by atoms with Crippen LogP contribution in [0.3, 0.4) is 0 Å². The Hall–Kier alpha value is -4.59. The van der Waals surface area contributed by atoms with Gasteiger partial charge < -0.3 is 4.74 Å². The highest BCUT2D eigenvalue weighted by Crippen LogP contribution is 2.25. The van der Waals surface area contributed by atoms with Gasteiger partial charge in [0.05, 0.1) is 28.8 Å². The van der Waals surface area contributed by atoms with E-state index in [1.807, 2.05) is 42.5 Å². The largest absolute Gasteiger partial charge is 0.459 e. The summed E-state index contributed by atoms with van der Waals surface area (Å²) in [6.07, 6.45) is 3.15. The molecule has 7 nitrogen and oxygen atoms in total. The molecule has 0 atom stereocenters. The van der Waals surface area contributed by atoms with Gasteiger partial charge in [0.15, 0.2) is 5.69 Å². The van der Waals surface area contributed by atoms with Crippen molar-refractivity contribution in [2.45, 2.75) is 0 Å². The molecule has 2 aromatic heterocycles. The van der Waals surface area contributed by atoms with Gasteiger partial charge in [-0.25, -0.2) is 18.5 Å². The summed E-state index contributed by atoms with van der Waals surface area (Å²) in [6, 6.07) is 23.5. The molecule has 0 radical (unpaired) electrons. The number of carbonyl (C=O) groups is 1. The van der Waals surface area contributed by atoms with Crippen molar-refractivity contribution < 1.29 is 13.9 Å². The van der Waals surface area contributed by atoms with Crippen molar-refractivity contribution >= 4 is 16.7 Å². The van der Waals surface area contributed by atoms with Gasteiger partial charge in [0, 0.05) is 17.6 Å². The number of ether oxygens (including phenoxy) is 1. The molecule has 3 aromatic carbocycles. The van der Waals surface area contributed by atoms with Crippen LogP contribution < -0.4 is 5.43 Å². The van der Waals surface area contributed by atoms with E-state index in [0.29, 0.717) is 11.4 Å². The maximum atomic E-state index is 12.8. The summed E-state index contributed by atoms with van der Waals surface area (Å²) in [4.78, 5) is 24.9. The van der Waals surface area contributed by atoms with E-state index in [1.165, 1.54) is 16.9 Å². The minimum atomic E-state index is -0.750. The van der Waals surface area contributed by atoms with Crippen LogP contribution >= 0.6 is 0 Å². The van der Waals surface area contributed by atoms with E-state index in [4.69, 9.17) is 4.74 Å². The number of aromatic nitrogens is 4. The summed E-state index contributed by atoms with van der Waals surface area (Å²) in [5.74, 6) is -0.630. The smallest absolute Gasteiger partial charge is 0.338 e. The number of hydrogen-bond donors (Lipinski definition) is 0. The molecule has 8 heteroatoms. The van der Waals surface area contributed by atoms with E-state index in [2.05, 4.69) is 10.2 Å². The molecule has 0 unspecified atom stereocenters. The normalized spacial score (nSPS) is 11.0. The Bertz CT molecular complexity index is 1550. The lowest BCUT2D eigenvalue weighted by molar-refractivity contribution is 0.0481. The summed E-state index contributed by atoms with van der Waals surface area (Å²) in [7, 11) is 0. The van der Waals surface area contributed by atoms with Crippen molar-refractivity contribution in [1.82, 2.24) is 19.6 Å². The lowest BCUT2D eigenvalue weighted by Gasteiger charge is -2.12. The molecule has 5 aromatic rings. The maximum Gasteiger partial charge on any atom is 0.338 e. The summed E-state index contributed by atoms with van der Waals surface area (Å²) in [5, 5.41) is 11.0. The molecule has 0 fully saturated rings. The van der Waals surface area contributed by atoms with Crippen LogP contribution in [0.2, 0.25) is 0 Å². The quantitative estimate of drug-likeness (QED) is 0.356. The van der Waals surface area contributed by atoms with Crippen LogP contribution in [0.5, 0.6) is 0 Å². The van der Waals surface area contributed by atoms with E-state index < -0.39 is 12.6 Å². The second kappa shape index (κ2) is 9.11. The van der Waals surface area contributed by atoms with Crippen LogP contribution in [0, 0.1) is 0 Å². The number of carbonyl (C=O) groups excluding carboxylic acids is 1. The third kappa shape index (κ3) is 3.97. The summed E-state index contributed by atoms with van der Waals surface area (Å²) in [5.41, 5.74) is 2.11. The first kappa shape index (κ1) is 21.3. The molecule has 5 rings (SSSR count). The number of halogens is 1. The zero-order valence-electron chi connectivity index (χ0n) is 18.0. The van der Waals surface area contributed by atoms with Gasteiger partial charge in [-0.1, -0.05) is 42.5 Å². The number of fused-ring (bicyclic) bond motifs is 1. The average Bonchev–Trinajstić information content (AvgIpc) is 3.36. The van der Waals surface area contributed by atoms with Crippen LogP contribution in [0.4, 0.5) is 4.39 Å². The lowest BCUT2D eigenvalue weighted by atomic mass is 10.1. The molecule has 0 aliphatic rings. The molecule has 0 saturated heterocycles. The number of alkyl halides is 1. The zero-order chi connectivity index (χ0) is 23.5. The monoisotopic (exact) mass is 454 g/mol. The summed E-state index contributed by atoms with van der Waals surface area (Å²) in [6.45, 7) is -1.05. The fourth-order valence-electron chi connectivity index (χ4n) is 3.79. The Morgan fingerprint density at radius 2 is 1.79 bits per heavy atom. The molecule has 0 bridgehead atoms. The molecule has 2 heterocycles. The Morgan fingerprint density at radius 1 is 0.971 bits per heavy atom. The maximum absolute atomic E-state index is 12.8. The van der Waals surface area contributed by atoms with E-state index in [-0.39, 0.29) is 23.3 Å². The van der Waals surface area contributed by atoms with Gasteiger partial charge in [0.1, 0.15) is 13.3 Å². The molecule has 0 N–H and O–H groups in total. The highest BCUT2D eigenvalue weighted by Gasteiger charge is 2.16. The van der Waals surface area contributed by atoms with Gasteiger partial charge in [-0.15, -0.1) is 0 Å². The van der Waals surface area contributed by atoms with Gasteiger partial charge in [0.2, 0.25) is 5.43 Å². The Balaban J connectivity index is 1.58. The second-order valence-electron chi connectivity index (χ2n) is 7.47. The molecule has 34 heavy (non-hydrogen) atoms. The zero-order valence-corrected chi connectivity index (χ0v) is 18.0. The van der Waals surface area contributed by atoms with Crippen molar-refractivity contribution in [3.05, 3.63) is 107 Å². The topological polar surface area (TPSA) is 79.0 Å². The number of nitrogens with zero attached hydrogens (tertiary/aromatic N) is 4. The van der Waals surface area contributed by atoms with E-state index >= 15 is 0 Å². The average molecular weight is 454 g/mol. The minimum Gasteiger partial charge on any atom is -0.459 e. The van der Waals surface area contributed by atoms with Crippen LogP contribution in [-0.4, -0.2) is 38.8 Å². The van der Waals surface area contributed by atoms with Crippen molar-refractivity contribution in [3.63, 3.8) is 0 Å². The molecular formula is C26H19FN4O3. The molecule has 0 spiro atoms. The van der Waals surface area contributed by atoms with Gasteiger partial charge >= 0.3 is 5.97 Å². The molecule has 0 amide bonds. The number of benzene rings is 3. The van der Waals surface area contributed by atoms with E-state index in [1.54, 1.807) is 41.2 Å². The minimum absolute atomic E-state index is 0.207. The Kier molecular flexibility index (Phi) is 5.70. The SMILES string of the molecule is O=C(OCCF)c1cccc(-n2ccc(=O)c(-c3ccnn3-c3cccc4ccccc34)n2)c1. The van der Waals surface area contributed by atoms with Gasteiger partial charge in [-0.05, 0) is 35.7 Å². The second-order valence-corrected chi connectivity index (χ2v) is 7.47. The first-order valence-corrected chi connectivity index (χ1v) is 10.6. The molecule has 0 saturated carbocycles. The van der Waals surface area contributed by atoms with Gasteiger partial charge in [0.25, 0.3) is 0 Å². The molecule has 0 aliphatic heterocycles. The Labute approximate surface area is 193 Å². The first-order chi connectivity index (χ1) is 16.7. The molecular weight excluding hydrogens is 435 g/mol. The third-order valence-corrected chi connectivity index (χ3v) is 5.35. The lowest BCUT2D eigenvalue weighted by Crippen LogP contribution is -2.15. The molecule has 0 aliphatic carbocycles. The highest BCUT2D eigenvalue weighted by molar-refractivity contribution is 5.91. The highest BCUT2D eigenvalue weighted by atomic mass is 19.1. The number of rotatable bonds is 6. The third-order valence-electron chi connectivity index (χ3n) is 5.35. The van der Waals surface area contributed by atoms with Crippen LogP contribution in [0.1, 0.15) is 10.4 Å². The van der Waals surface area contributed by atoms with Gasteiger partial charge in [-0.3, -0.25) is 4.79 Å². The standard InChI is InChI=1S/C26H19FN4O3/c27-13-16-34-26(33)19-7-3-8-20(17-19)30-15-12-24(32)25(29-30)23-11-14-28-31(23)22-10-4-6-18-5-1-2-9-21(18)22/h1-12,14-15,17H,13,16H2. The Morgan fingerprint density at radius 3 is 2.68 bits per heavy atom. The fourth-order valence-corrected chi connectivity index (χ4v) is 3.79. The van der Waals surface area contributed by atoms with E-state index in [9.17, 15) is 14.0 Å². The number of esters is 1. The summed E-state index contributed by atoms with van der Waals surface area (Å²) < 4.78 is 20.4. The van der Waals surface area contributed by atoms with Crippen molar-refractivity contribution in [2.75, 3.05) is 13.3 Å². The van der Waals surface area contributed by atoms with Crippen LogP contribution in [0.15, 0.2) is 96.1 Å². The summed E-state index contributed by atoms with van der Waals surface area (Å²) >= 11 is 0. The van der Waals surface area contributed by atoms with Crippen LogP contribution in [-0.2, 0) is 4.74 Å². The van der Waals surface area contributed by atoms with E-state index in [0.717, 1.165) is 16.5 Å². The molecule has 168 valence electrons. The first-order valence-electron chi connectivity index (χ1n) is 10.6. The van der Waals surface area contributed by atoms with Crippen molar-refractivity contribution in [1.29, 1.82) is 0 Å². The van der Waals surface area contributed by atoms with Crippen molar-refractivity contribution in [3.8, 4) is 22.8 Å². The fraction of sp³-hybridized carbons (Fsp3) is 0.0769. The van der Waals surface area contributed by atoms with Gasteiger partial charge in [-0.2, -0.15) is 10.2 Å². The van der Waals surface area contributed by atoms with Crippen molar-refractivity contribution in [2.24, 2.45) is 0 Å². The van der Waals surface area contributed by atoms with Crippen LogP contribution in [0.25, 0.3) is 33.5 Å². The number of hydrogen-bond acceptors (Lipinski definition) is 5. The predicted octanol–water partition coefficient (Wildman–Crippen LogP) is 4.36. The predicted molar refractivity (Wildman–Crippen MR) is 126 cm³/mol.